The molecule has 136 valence electrons. The number of ether oxygens (including phenoxy) is 1. The van der Waals surface area contributed by atoms with E-state index in [0.717, 1.165) is 12.1 Å². The number of alkyl halides is 3. The van der Waals surface area contributed by atoms with Crippen LogP contribution in [0.3, 0.4) is 0 Å². The molecule has 0 spiro atoms. The number of hydrogen-bond donors (Lipinski definition) is 0. The minimum absolute atomic E-state index is 0.0681. The van der Waals surface area contributed by atoms with Crippen LogP contribution in [0.5, 0.6) is 5.75 Å². The summed E-state index contributed by atoms with van der Waals surface area (Å²) < 4.78 is 42.0. The first kappa shape index (κ1) is 20.2. The second-order valence-corrected chi connectivity index (χ2v) is 11.8. The number of halogens is 5. The maximum atomic E-state index is 12.3. The van der Waals surface area contributed by atoms with Gasteiger partial charge in [-0.05, 0) is 0 Å². The van der Waals surface area contributed by atoms with Crippen molar-refractivity contribution in [2.24, 2.45) is 0 Å². The van der Waals surface area contributed by atoms with Crippen molar-refractivity contribution in [1.82, 2.24) is 9.78 Å². The molecule has 0 aliphatic carbocycles. The molecule has 0 N–H and O–H groups in total. The van der Waals surface area contributed by atoms with Gasteiger partial charge in [0.1, 0.15) is 25.6 Å². The van der Waals surface area contributed by atoms with Crippen molar-refractivity contribution >= 4 is 31.3 Å². The average molecular weight is 418 g/mol. The van der Waals surface area contributed by atoms with E-state index in [1.807, 2.05) is 25.7 Å². The highest BCUT2D eigenvalue weighted by Gasteiger charge is 2.31. The second kappa shape index (κ2) is 7.24. The van der Waals surface area contributed by atoms with E-state index in [1.165, 1.54) is 10.9 Å². The first-order valence-corrected chi connectivity index (χ1v) is 11.4. The van der Waals surface area contributed by atoms with Gasteiger partial charge in [0.2, 0.25) is 0 Å². The van der Waals surface area contributed by atoms with Gasteiger partial charge in [-0.25, -0.2) is 4.68 Å². The molecule has 4 nitrogen and oxygen atoms in total. The van der Waals surface area contributed by atoms with Gasteiger partial charge in [-0.1, -0.05) is 48.8 Å². The van der Waals surface area contributed by atoms with Gasteiger partial charge >= 0.3 is 6.36 Å². The molecule has 0 fully saturated rings. The molecule has 26 heavy (non-hydrogen) atoms. The van der Waals surface area contributed by atoms with Crippen molar-refractivity contribution in [3.8, 4) is 29.0 Å². The van der Waals surface area contributed by atoms with Gasteiger partial charge in [-0.2, -0.15) is 10.4 Å². The van der Waals surface area contributed by atoms with Crippen LogP contribution in [0.15, 0.2) is 18.3 Å². The van der Waals surface area contributed by atoms with Crippen LogP contribution in [-0.2, 0) is 0 Å². The van der Waals surface area contributed by atoms with Gasteiger partial charge in [0.05, 0.1) is 15.6 Å². The minimum Gasteiger partial charge on any atom is -0.406 e. The Morgan fingerprint density at radius 1 is 1.19 bits per heavy atom. The third kappa shape index (κ3) is 5.18. The molecule has 0 saturated carbocycles. The molecule has 1 aromatic carbocycles. The molecular weight excluding hydrogens is 406 g/mol. The Kier molecular flexibility index (Phi) is 5.62. The molecule has 1 aromatic heterocycles. The smallest absolute Gasteiger partial charge is 0.406 e. The van der Waals surface area contributed by atoms with Crippen LogP contribution in [0.4, 0.5) is 13.2 Å². The summed E-state index contributed by atoms with van der Waals surface area (Å²) in [6.07, 6.45) is -3.41. The van der Waals surface area contributed by atoms with E-state index in [9.17, 15) is 18.4 Å². The Morgan fingerprint density at radius 3 is 2.23 bits per heavy atom. The first-order chi connectivity index (χ1) is 11.9. The van der Waals surface area contributed by atoms with Crippen LogP contribution >= 0.6 is 23.2 Å². The molecule has 0 atom stereocenters. The van der Waals surface area contributed by atoms with Crippen LogP contribution in [0.25, 0.3) is 5.69 Å². The molecule has 0 aliphatic rings. The monoisotopic (exact) mass is 417 g/mol. The zero-order chi connectivity index (χ0) is 19.7. The molecule has 0 bridgehead atoms. The fraction of sp³-hybridized carbons (Fsp3) is 0.250. The van der Waals surface area contributed by atoms with E-state index in [4.69, 9.17) is 23.2 Å². The van der Waals surface area contributed by atoms with Gasteiger partial charge in [0.25, 0.3) is 0 Å². The first-order valence-electron chi connectivity index (χ1n) is 7.18. The van der Waals surface area contributed by atoms with Gasteiger partial charge < -0.3 is 4.74 Å². The standard InChI is InChI=1S/C16H12Cl2F3N3OSi/c1-26(2,3)5-4-10-9-24(23-14(10)8-22)15-12(17)6-11(7-13(15)18)25-16(19,20)21/h6-7,9H,1-3H3. The fourth-order valence-electron chi connectivity index (χ4n) is 1.87. The normalized spacial score (nSPS) is 11.5. The van der Waals surface area contributed by atoms with Gasteiger partial charge in [-0.3, -0.25) is 0 Å². The summed E-state index contributed by atoms with van der Waals surface area (Å²) in [4.78, 5) is 0. The summed E-state index contributed by atoms with van der Waals surface area (Å²) in [7, 11) is -1.68. The lowest BCUT2D eigenvalue weighted by Crippen LogP contribution is -2.17. The summed E-state index contributed by atoms with van der Waals surface area (Å²) in [6.45, 7) is 6.14. The Bertz CT molecular complexity index is 924. The third-order valence-electron chi connectivity index (χ3n) is 2.85. The molecule has 0 aliphatic heterocycles. The van der Waals surface area contributed by atoms with Crippen molar-refractivity contribution in [1.29, 1.82) is 5.26 Å². The van der Waals surface area contributed by atoms with E-state index in [-0.39, 0.29) is 21.4 Å². The van der Waals surface area contributed by atoms with E-state index in [2.05, 4.69) is 21.3 Å². The van der Waals surface area contributed by atoms with Crippen LogP contribution in [0, 0.1) is 22.8 Å². The van der Waals surface area contributed by atoms with Crippen molar-refractivity contribution < 1.29 is 17.9 Å². The lowest BCUT2D eigenvalue weighted by molar-refractivity contribution is -0.274. The molecule has 0 radical (unpaired) electrons. The molecule has 0 saturated heterocycles. The number of aromatic nitrogens is 2. The lowest BCUT2D eigenvalue weighted by Gasteiger charge is -2.12. The Balaban J connectivity index is 2.51. The summed E-state index contributed by atoms with van der Waals surface area (Å²) in [5.74, 6) is 2.37. The van der Waals surface area contributed by atoms with Crippen LogP contribution < -0.4 is 4.74 Å². The zero-order valence-electron chi connectivity index (χ0n) is 13.9. The van der Waals surface area contributed by atoms with Crippen LogP contribution in [0.2, 0.25) is 29.7 Å². The molecular formula is C16H12Cl2F3N3OSi. The largest absolute Gasteiger partial charge is 0.573 e. The van der Waals surface area contributed by atoms with Crippen LogP contribution in [0.1, 0.15) is 11.3 Å². The predicted octanol–water partition coefficient (Wildman–Crippen LogP) is 5.18. The summed E-state index contributed by atoms with van der Waals surface area (Å²) >= 11 is 12.1. The highest BCUT2D eigenvalue weighted by atomic mass is 35.5. The highest BCUT2D eigenvalue weighted by molar-refractivity contribution is 6.83. The van der Waals surface area contributed by atoms with Gasteiger partial charge in [0, 0.05) is 18.3 Å². The summed E-state index contributed by atoms with van der Waals surface area (Å²) in [5, 5.41) is 13.1. The van der Waals surface area contributed by atoms with E-state index in [1.54, 1.807) is 0 Å². The summed E-state index contributed by atoms with van der Waals surface area (Å²) in [6, 6.07) is 3.86. The molecule has 2 rings (SSSR count). The van der Waals surface area contributed by atoms with Crippen molar-refractivity contribution in [2.75, 3.05) is 0 Å². The molecule has 2 aromatic rings. The summed E-state index contributed by atoms with van der Waals surface area (Å²) in [5.41, 5.74) is 3.70. The van der Waals surface area contributed by atoms with Gasteiger partial charge in [-0.15, -0.1) is 18.7 Å². The minimum atomic E-state index is -4.87. The lowest BCUT2D eigenvalue weighted by atomic mass is 10.2. The molecule has 0 unspecified atom stereocenters. The topological polar surface area (TPSA) is 50.8 Å². The molecule has 0 amide bonds. The number of hydrogen-bond acceptors (Lipinski definition) is 3. The predicted molar refractivity (Wildman–Crippen MR) is 95.2 cm³/mol. The average Bonchev–Trinajstić information content (AvgIpc) is 2.84. The fourth-order valence-corrected chi connectivity index (χ4v) is 3.02. The highest BCUT2D eigenvalue weighted by Crippen LogP contribution is 2.35. The second-order valence-electron chi connectivity index (χ2n) is 6.23. The maximum Gasteiger partial charge on any atom is 0.573 e. The quantitative estimate of drug-likeness (QED) is 0.499. The number of nitriles is 1. The zero-order valence-corrected chi connectivity index (χ0v) is 16.4. The third-order valence-corrected chi connectivity index (χ3v) is 4.30. The molecule has 1 heterocycles. The Morgan fingerprint density at radius 2 is 1.77 bits per heavy atom. The van der Waals surface area contributed by atoms with E-state index < -0.39 is 20.2 Å². The van der Waals surface area contributed by atoms with Crippen molar-refractivity contribution in [3.05, 3.63) is 39.6 Å². The van der Waals surface area contributed by atoms with Gasteiger partial charge in [0.15, 0.2) is 5.69 Å². The number of benzene rings is 1. The Labute approximate surface area is 159 Å². The van der Waals surface area contributed by atoms with Crippen molar-refractivity contribution in [3.63, 3.8) is 0 Å². The van der Waals surface area contributed by atoms with E-state index in [0.29, 0.717) is 5.56 Å². The SMILES string of the molecule is C[Si](C)(C)C#Cc1cn(-c2c(Cl)cc(OC(F)(F)F)cc2Cl)nc1C#N. The Hall–Kier alpha value is -2.13. The van der Waals surface area contributed by atoms with E-state index >= 15 is 0 Å². The number of rotatable bonds is 2. The maximum absolute atomic E-state index is 12.3. The van der Waals surface area contributed by atoms with Crippen molar-refractivity contribution in [2.45, 2.75) is 26.0 Å². The number of nitrogens with zero attached hydrogens (tertiary/aromatic N) is 3. The van der Waals surface area contributed by atoms with Crippen LogP contribution in [-0.4, -0.2) is 24.2 Å². The molecule has 10 heteroatoms.